The normalized spacial score (nSPS) is 19.5. The lowest BCUT2D eigenvalue weighted by atomic mass is 10.1. The average Bonchev–Trinajstić information content (AvgIpc) is 2.90. The van der Waals surface area contributed by atoms with Crippen LogP contribution in [0.3, 0.4) is 0 Å². The number of aliphatic hydroxyl groups is 1. The van der Waals surface area contributed by atoms with Crippen LogP contribution in [0.2, 0.25) is 10.0 Å². The minimum Gasteiger partial charge on any atom is -0.388 e. The van der Waals surface area contributed by atoms with Gasteiger partial charge in [0.25, 0.3) is 0 Å². The second kappa shape index (κ2) is 7.99. The molecular formula is C15H19Cl2NO3. The van der Waals surface area contributed by atoms with Gasteiger partial charge in [-0.2, -0.15) is 0 Å². The van der Waals surface area contributed by atoms with Gasteiger partial charge in [0.1, 0.15) is 0 Å². The molecule has 1 saturated heterocycles. The molecule has 0 unspecified atom stereocenters. The quantitative estimate of drug-likeness (QED) is 0.842. The Bertz CT molecular complexity index is 470. The topological polar surface area (TPSA) is 58.6 Å². The lowest BCUT2D eigenvalue weighted by molar-refractivity contribution is -0.123. The van der Waals surface area contributed by atoms with E-state index in [1.165, 1.54) is 0 Å². The van der Waals surface area contributed by atoms with Gasteiger partial charge in [0.15, 0.2) is 0 Å². The highest BCUT2D eigenvalue weighted by molar-refractivity contribution is 6.34. The Labute approximate surface area is 134 Å². The summed E-state index contributed by atoms with van der Waals surface area (Å²) in [4.78, 5) is 11.8. The second-order valence-corrected chi connectivity index (χ2v) is 6.07. The van der Waals surface area contributed by atoms with Gasteiger partial charge in [-0.3, -0.25) is 4.79 Å². The number of benzene rings is 1. The van der Waals surface area contributed by atoms with Gasteiger partial charge in [-0.05, 0) is 43.0 Å². The Hall–Kier alpha value is -0.810. The van der Waals surface area contributed by atoms with Crippen molar-refractivity contribution in [1.82, 2.24) is 5.32 Å². The molecule has 4 nitrogen and oxygen atoms in total. The predicted octanol–water partition coefficient (Wildman–Crippen LogP) is 3.10. The molecule has 116 valence electrons. The summed E-state index contributed by atoms with van der Waals surface area (Å²) in [6.07, 6.45) is 2.28. The van der Waals surface area contributed by atoms with Crippen molar-refractivity contribution in [2.45, 2.75) is 37.9 Å². The van der Waals surface area contributed by atoms with Crippen LogP contribution >= 0.6 is 23.2 Å². The molecule has 0 spiro atoms. The van der Waals surface area contributed by atoms with E-state index >= 15 is 0 Å². The van der Waals surface area contributed by atoms with E-state index in [1.54, 1.807) is 18.2 Å². The number of carbonyl (C=O) groups excluding carboxylic acids is 1. The van der Waals surface area contributed by atoms with E-state index in [1.807, 2.05) is 0 Å². The van der Waals surface area contributed by atoms with E-state index in [2.05, 4.69) is 5.32 Å². The molecule has 2 atom stereocenters. The van der Waals surface area contributed by atoms with Crippen LogP contribution in [0.15, 0.2) is 18.2 Å². The summed E-state index contributed by atoms with van der Waals surface area (Å²) in [6, 6.07) is 4.80. The third-order valence-corrected chi connectivity index (χ3v) is 3.90. The Morgan fingerprint density at radius 1 is 1.38 bits per heavy atom. The first-order valence-corrected chi connectivity index (χ1v) is 7.82. The zero-order chi connectivity index (χ0) is 15.2. The first kappa shape index (κ1) is 16.6. The highest BCUT2D eigenvalue weighted by atomic mass is 35.5. The molecule has 1 aromatic carbocycles. The first-order chi connectivity index (χ1) is 10.0. The summed E-state index contributed by atoms with van der Waals surface area (Å²) in [7, 11) is 0. The van der Waals surface area contributed by atoms with Crippen LogP contribution in [0.25, 0.3) is 0 Å². The van der Waals surface area contributed by atoms with E-state index in [9.17, 15) is 9.90 Å². The number of hydrogen-bond donors (Lipinski definition) is 2. The summed E-state index contributed by atoms with van der Waals surface area (Å²) in [5.41, 5.74) is 0.543. The van der Waals surface area contributed by atoms with Crippen molar-refractivity contribution < 1.29 is 14.6 Å². The summed E-state index contributed by atoms with van der Waals surface area (Å²) in [5.74, 6) is -0.198. The van der Waals surface area contributed by atoms with E-state index in [0.29, 0.717) is 22.2 Å². The fraction of sp³-hybridized carbons (Fsp3) is 0.533. The van der Waals surface area contributed by atoms with Crippen molar-refractivity contribution in [3.8, 4) is 0 Å². The van der Waals surface area contributed by atoms with Gasteiger partial charge < -0.3 is 15.2 Å². The summed E-state index contributed by atoms with van der Waals surface area (Å²) < 4.78 is 5.48. The fourth-order valence-corrected chi connectivity index (χ4v) is 2.92. The smallest absolute Gasteiger partial charge is 0.222 e. The monoisotopic (exact) mass is 331 g/mol. The number of aliphatic hydroxyl groups excluding tert-OH is 1. The number of hydrogen-bond acceptors (Lipinski definition) is 3. The zero-order valence-corrected chi connectivity index (χ0v) is 13.2. The van der Waals surface area contributed by atoms with Gasteiger partial charge in [0.2, 0.25) is 5.91 Å². The third kappa shape index (κ3) is 5.47. The van der Waals surface area contributed by atoms with E-state index in [-0.39, 0.29) is 18.4 Å². The van der Waals surface area contributed by atoms with Crippen molar-refractivity contribution in [3.63, 3.8) is 0 Å². The van der Waals surface area contributed by atoms with Gasteiger partial charge in [0, 0.05) is 23.2 Å². The summed E-state index contributed by atoms with van der Waals surface area (Å²) >= 11 is 11.8. The summed E-state index contributed by atoms with van der Waals surface area (Å²) in [6.45, 7) is 1.37. The van der Waals surface area contributed by atoms with Crippen LogP contribution in [0, 0.1) is 0 Å². The van der Waals surface area contributed by atoms with Gasteiger partial charge >= 0.3 is 0 Å². The standard InChI is InChI=1S/C15H19Cl2NO3/c16-11-6-10(7-12(17)8-11)14(19)9-15(20)18-4-3-13-2-1-5-21-13/h6-8,13-14,19H,1-5,9H2,(H,18,20)/t13-,14+/m1/s1. The maximum Gasteiger partial charge on any atom is 0.222 e. The molecule has 0 aliphatic carbocycles. The molecule has 0 saturated carbocycles. The van der Waals surface area contributed by atoms with Crippen molar-refractivity contribution in [1.29, 1.82) is 0 Å². The molecule has 0 radical (unpaired) electrons. The van der Waals surface area contributed by atoms with Crippen LogP contribution in [0.5, 0.6) is 0 Å². The van der Waals surface area contributed by atoms with Crippen LogP contribution in [-0.4, -0.2) is 30.3 Å². The Kier molecular flexibility index (Phi) is 6.30. The Morgan fingerprint density at radius 2 is 2.10 bits per heavy atom. The molecule has 1 aliphatic rings. The first-order valence-electron chi connectivity index (χ1n) is 7.07. The number of carbonyl (C=O) groups is 1. The molecular weight excluding hydrogens is 313 g/mol. The molecule has 1 heterocycles. The second-order valence-electron chi connectivity index (χ2n) is 5.20. The highest BCUT2D eigenvalue weighted by Crippen LogP contribution is 2.25. The number of rotatable bonds is 6. The maximum atomic E-state index is 11.8. The van der Waals surface area contributed by atoms with E-state index < -0.39 is 6.10 Å². The minimum absolute atomic E-state index is 0.0117. The molecule has 0 aromatic heterocycles. The van der Waals surface area contributed by atoms with E-state index in [4.69, 9.17) is 27.9 Å². The Balaban J connectivity index is 1.75. The molecule has 0 bridgehead atoms. The van der Waals surface area contributed by atoms with Crippen molar-refractivity contribution in [3.05, 3.63) is 33.8 Å². The zero-order valence-electron chi connectivity index (χ0n) is 11.6. The van der Waals surface area contributed by atoms with Gasteiger partial charge in [0.05, 0.1) is 18.6 Å². The van der Waals surface area contributed by atoms with Gasteiger partial charge in [-0.25, -0.2) is 0 Å². The molecule has 1 fully saturated rings. The van der Waals surface area contributed by atoms with Gasteiger partial charge in [-0.15, -0.1) is 0 Å². The SMILES string of the molecule is O=C(C[C@H](O)c1cc(Cl)cc(Cl)c1)NCC[C@H]1CCCO1. The molecule has 1 aromatic rings. The lowest BCUT2D eigenvalue weighted by Gasteiger charge is -2.13. The van der Waals surface area contributed by atoms with Crippen LogP contribution < -0.4 is 5.32 Å². The molecule has 1 amide bonds. The average molecular weight is 332 g/mol. The van der Waals surface area contributed by atoms with Gasteiger partial charge in [-0.1, -0.05) is 23.2 Å². The van der Waals surface area contributed by atoms with Crippen LogP contribution in [0.1, 0.15) is 37.4 Å². The molecule has 21 heavy (non-hydrogen) atoms. The minimum atomic E-state index is -0.913. The van der Waals surface area contributed by atoms with E-state index in [0.717, 1.165) is 25.9 Å². The fourth-order valence-electron chi connectivity index (χ4n) is 2.38. The number of nitrogens with one attached hydrogen (secondary N) is 1. The van der Waals surface area contributed by atoms with Crippen molar-refractivity contribution >= 4 is 29.1 Å². The lowest BCUT2D eigenvalue weighted by Crippen LogP contribution is -2.28. The van der Waals surface area contributed by atoms with Crippen molar-refractivity contribution in [2.75, 3.05) is 13.2 Å². The Morgan fingerprint density at radius 3 is 2.71 bits per heavy atom. The largest absolute Gasteiger partial charge is 0.388 e. The summed E-state index contributed by atoms with van der Waals surface area (Å²) in [5, 5.41) is 13.7. The highest BCUT2D eigenvalue weighted by Gasteiger charge is 2.17. The number of halogens is 2. The predicted molar refractivity (Wildman–Crippen MR) is 82.6 cm³/mol. The van der Waals surface area contributed by atoms with Crippen LogP contribution in [-0.2, 0) is 9.53 Å². The van der Waals surface area contributed by atoms with Crippen molar-refractivity contribution in [2.24, 2.45) is 0 Å². The molecule has 6 heteroatoms. The number of amides is 1. The molecule has 1 aliphatic heterocycles. The molecule has 2 N–H and O–H groups in total. The maximum absolute atomic E-state index is 11.8. The number of ether oxygens (including phenoxy) is 1. The third-order valence-electron chi connectivity index (χ3n) is 3.46. The van der Waals surface area contributed by atoms with Crippen LogP contribution in [0.4, 0.5) is 0 Å². The molecule has 2 rings (SSSR count).